The number of benzene rings is 1. The van der Waals surface area contributed by atoms with Crippen LogP contribution in [0.3, 0.4) is 0 Å². The van der Waals surface area contributed by atoms with Gasteiger partial charge in [-0.1, -0.05) is 30.5 Å². The van der Waals surface area contributed by atoms with Gasteiger partial charge in [0.2, 0.25) is 0 Å². The first kappa shape index (κ1) is 15.8. The third kappa shape index (κ3) is 4.21. The lowest BCUT2D eigenvalue weighted by atomic mass is 10.1. The second kappa shape index (κ2) is 7.46. The zero-order valence-corrected chi connectivity index (χ0v) is 13.1. The predicted molar refractivity (Wildman–Crippen MR) is 84.2 cm³/mol. The van der Waals surface area contributed by atoms with Crippen LogP contribution < -0.4 is 10.5 Å². The smallest absolute Gasteiger partial charge is 0.263 e. The molecule has 1 aliphatic heterocycles. The summed E-state index contributed by atoms with van der Waals surface area (Å²) in [6, 6.07) is 5.90. The molecule has 116 valence electrons. The molecule has 1 aromatic rings. The van der Waals surface area contributed by atoms with Crippen LogP contribution in [0.25, 0.3) is 0 Å². The van der Waals surface area contributed by atoms with E-state index in [0.717, 1.165) is 42.8 Å². The highest BCUT2D eigenvalue weighted by molar-refractivity contribution is 5.81. The number of amides is 1. The van der Waals surface area contributed by atoms with Crippen molar-refractivity contribution in [2.24, 2.45) is 5.73 Å². The van der Waals surface area contributed by atoms with Crippen LogP contribution in [-0.2, 0) is 11.3 Å². The molecule has 0 bridgehead atoms. The fourth-order valence-corrected chi connectivity index (χ4v) is 2.77. The van der Waals surface area contributed by atoms with Crippen LogP contribution in [-0.4, -0.2) is 30.0 Å². The van der Waals surface area contributed by atoms with Crippen LogP contribution in [0.4, 0.5) is 0 Å². The molecule has 2 rings (SSSR count). The van der Waals surface area contributed by atoms with Crippen LogP contribution in [0.15, 0.2) is 18.2 Å². The lowest BCUT2D eigenvalue weighted by Gasteiger charge is -2.25. The van der Waals surface area contributed by atoms with Gasteiger partial charge >= 0.3 is 0 Å². The molecule has 4 nitrogen and oxygen atoms in total. The number of ether oxygens (including phenoxy) is 1. The number of carbonyl (C=O) groups is 1. The van der Waals surface area contributed by atoms with Gasteiger partial charge in [-0.05, 0) is 32.8 Å². The van der Waals surface area contributed by atoms with Gasteiger partial charge in [0, 0.05) is 25.2 Å². The van der Waals surface area contributed by atoms with Crippen LogP contribution in [0.1, 0.15) is 43.7 Å². The number of rotatable bonds is 4. The minimum Gasteiger partial charge on any atom is -0.481 e. The summed E-state index contributed by atoms with van der Waals surface area (Å²) in [5.41, 5.74) is 7.86. The second-order valence-corrected chi connectivity index (χ2v) is 5.81. The van der Waals surface area contributed by atoms with E-state index < -0.39 is 6.10 Å². The standard InChI is InChI=1S/C17H26N2O2/c1-13-7-8-16(15(11-13)12-18)21-14(2)17(20)19-9-5-3-4-6-10-19/h7-8,11,14H,3-6,9-10,12,18H2,1-2H3. The molecule has 0 aliphatic carbocycles. The molecule has 1 aromatic carbocycles. The van der Waals surface area contributed by atoms with Crippen molar-refractivity contribution in [3.8, 4) is 5.75 Å². The zero-order valence-electron chi connectivity index (χ0n) is 13.1. The molecule has 1 saturated heterocycles. The first-order valence-corrected chi connectivity index (χ1v) is 7.87. The molecule has 1 amide bonds. The highest BCUT2D eigenvalue weighted by Crippen LogP contribution is 2.21. The summed E-state index contributed by atoms with van der Waals surface area (Å²) in [5.74, 6) is 0.805. The Balaban J connectivity index is 2.03. The largest absolute Gasteiger partial charge is 0.481 e. The molecule has 0 spiro atoms. The third-order valence-corrected chi connectivity index (χ3v) is 4.01. The fraction of sp³-hybridized carbons (Fsp3) is 0.588. The summed E-state index contributed by atoms with van der Waals surface area (Å²) < 4.78 is 5.88. The van der Waals surface area contributed by atoms with Crippen LogP contribution >= 0.6 is 0 Å². The van der Waals surface area contributed by atoms with E-state index in [1.165, 1.54) is 12.8 Å². The Morgan fingerprint density at radius 3 is 2.57 bits per heavy atom. The lowest BCUT2D eigenvalue weighted by Crippen LogP contribution is -2.41. The van der Waals surface area contributed by atoms with E-state index in [-0.39, 0.29) is 5.91 Å². The number of likely N-dealkylation sites (tertiary alicyclic amines) is 1. The van der Waals surface area contributed by atoms with Gasteiger partial charge in [0.15, 0.2) is 6.10 Å². The average Bonchev–Trinajstić information content (AvgIpc) is 2.77. The second-order valence-electron chi connectivity index (χ2n) is 5.81. The molecule has 4 heteroatoms. The number of hydrogen-bond acceptors (Lipinski definition) is 3. The van der Waals surface area contributed by atoms with Crippen LogP contribution in [0, 0.1) is 6.92 Å². The highest BCUT2D eigenvalue weighted by Gasteiger charge is 2.23. The van der Waals surface area contributed by atoms with E-state index in [1.807, 2.05) is 36.9 Å². The topological polar surface area (TPSA) is 55.6 Å². The van der Waals surface area contributed by atoms with Gasteiger partial charge in [-0.2, -0.15) is 0 Å². The minimum absolute atomic E-state index is 0.0837. The molecule has 21 heavy (non-hydrogen) atoms. The zero-order chi connectivity index (χ0) is 15.2. The maximum Gasteiger partial charge on any atom is 0.263 e. The first-order valence-electron chi connectivity index (χ1n) is 7.87. The third-order valence-electron chi connectivity index (χ3n) is 4.01. The molecule has 1 unspecified atom stereocenters. The van der Waals surface area contributed by atoms with Crippen LogP contribution in [0.2, 0.25) is 0 Å². The van der Waals surface area contributed by atoms with E-state index in [4.69, 9.17) is 10.5 Å². The summed E-state index contributed by atoms with van der Waals surface area (Å²) >= 11 is 0. The Bertz CT molecular complexity index is 480. The van der Waals surface area contributed by atoms with Gasteiger partial charge in [0.25, 0.3) is 5.91 Å². The summed E-state index contributed by atoms with van der Waals surface area (Å²) in [7, 11) is 0. The van der Waals surface area contributed by atoms with E-state index >= 15 is 0 Å². The molecule has 1 heterocycles. The lowest BCUT2D eigenvalue weighted by molar-refractivity contribution is -0.137. The number of nitrogens with two attached hydrogens (primary N) is 1. The summed E-state index contributed by atoms with van der Waals surface area (Å²) in [5, 5.41) is 0. The predicted octanol–water partition coefficient (Wildman–Crippen LogP) is 2.62. The average molecular weight is 290 g/mol. The molecule has 1 fully saturated rings. The summed E-state index contributed by atoms with van der Waals surface area (Å²) in [4.78, 5) is 14.4. The minimum atomic E-state index is -0.462. The number of nitrogens with zero attached hydrogens (tertiary/aromatic N) is 1. The Kier molecular flexibility index (Phi) is 5.62. The van der Waals surface area contributed by atoms with E-state index in [2.05, 4.69) is 0 Å². The van der Waals surface area contributed by atoms with Gasteiger partial charge in [-0.3, -0.25) is 4.79 Å². The number of carbonyl (C=O) groups excluding carboxylic acids is 1. The van der Waals surface area contributed by atoms with E-state index in [9.17, 15) is 4.79 Å². The molecule has 2 N–H and O–H groups in total. The number of hydrogen-bond donors (Lipinski definition) is 1. The fourth-order valence-electron chi connectivity index (χ4n) is 2.77. The molecular formula is C17H26N2O2. The van der Waals surface area contributed by atoms with Crippen molar-refractivity contribution >= 4 is 5.91 Å². The maximum atomic E-state index is 12.5. The van der Waals surface area contributed by atoms with E-state index in [0.29, 0.717) is 6.54 Å². The van der Waals surface area contributed by atoms with Crippen molar-refractivity contribution in [1.29, 1.82) is 0 Å². The van der Waals surface area contributed by atoms with Crippen molar-refractivity contribution in [3.05, 3.63) is 29.3 Å². The van der Waals surface area contributed by atoms with Crippen molar-refractivity contribution in [2.45, 2.75) is 52.2 Å². The first-order chi connectivity index (χ1) is 10.1. The molecule has 0 aromatic heterocycles. The normalized spacial score (nSPS) is 17.2. The Morgan fingerprint density at radius 2 is 1.95 bits per heavy atom. The summed E-state index contributed by atoms with van der Waals surface area (Å²) in [6.07, 6.45) is 4.16. The molecule has 1 atom stereocenters. The van der Waals surface area contributed by atoms with Gasteiger partial charge < -0.3 is 15.4 Å². The Labute approximate surface area is 127 Å². The molecule has 0 saturated carbocycles. The Hall–Kier alpha value is -1.55. The number of aryl methyl sites for hydroxylation is 1. The van der Waals surface area contributed by atoms with Gasteiger partial charge in [-0.25, -0.2) is 0 Å². The SMILES string of the molecule is Cc1ccc(OC(C)C(=O)N2CCCCCC2)c(CN)c1. The quantitative estimate of drug-likeness (QED) is 0.927. The molecule has 0 radical (unpaired) electrons. The van der Waals surface area contributed by atoms with Gasteiger partial charge in [-0.15, -0.1) is 0 Å². The molecular weight excluding hydrogens is 264 g/mol. The Morgan fingerprint density at radius 1 is 1.29 bits per heavy atom. The van der Waals surface area contributed by atoms with Crippen molar-refractivity contribution in [1.82, 2.24) is 4.90 Å². The van der Waals surface area contributed by atoms with Gasteiger partial charge in [0.1, 0.15) is 5.75 Å². The van der Waals surface area contributed by atoms with Crippen molar-refractivity contribution < 1.29 is 9.53 Å². The summed E-state index contributed by atoms with van der Waals surface area (Å²) in [6.45, 7) is 5.97. The van der Waals surface area contributed by atoms with E-state index in [1.54, 1.807) is 0 Å². The highest BCUT2D eigenvalue weighted by atomic mass is 16.5. The van der Waals surface area contributed by atoms with Crippen molar-refractivity contribution in [3.63, 3.8) is 0 Å². The maximum absolute atomic E-state index is 12.5. The van der Waals surface area contributed by atoms with Crippen molar-refractivity contribution in [2.75, 3.05) is 13.1 Å². The van der Waals surface area contributed by atoms with Crippen LogP contribution in [0.5, 0.6) is 5.75 Å². The monoisotopic (exact) mass is 290 g/mol. The van der Waals surface area contributed by atoms with Gasteiger partial charge in [0.05, 0.1) is 0 Å². The molecule has 1 aliphatic rings.